The monoisotopic (exact) mass is 148 g/mol. The average molecular weight is 148 g/mol. The highest BCUT2D eigenvalue weighted by molar-refractivity contribution is 5.12. The molecule has 1 saturated carbocycles. The minimum atomic E-state index is 0.730. The maximum absolute atomic E-state index is 4.35. The second-order valence-corrected chi connectivity index (χ2v) is 3.06. The Hall–Kier alpha value is -0.920. The van der Waals surface area contributed by atoms with Gasteiger partial charge < -0.3 is 0 Å². The summed E-state index contributed by atoms with van der Waals surface area (Å²) < 4.78 is 0. The van der Waals surface area contributed by atoms with E-state index in [4.69, 9.17) is 0 Å². The summed E-state index contributed by atoms with van der Waals surface area (Å²) in [6.07, 6.45) is 7.42. The molecule has 58 valence electrons. The fraction of sp³-hybridized carbons (Fsp3) is 0.556. The van der Waals surface area contributed by atoms with Crippen molar-refractivity contribution in [3.05, 3.63) is 23.8 Å². The first-order valence-electron chi connectivity index (χ1n) is 4.21. The molecule has 0 saturated heterocycles. The fourth-order valence-corrected chi connectivity index (χ4v) is 1.14. The molecule has 0 atom stereocenters. The van der Waals surface area contributed by atoms with Gasteiger partial charge >= 0.3 is 0 Å². The minimum Gasteiger partial charge on any atom is -0.258 e. The molecule has 0 N–H and O–H groups in total. The van der Waals surface area contributed by atoms with Crippen molar-refractivity contribution in [3.8, 4) is 0 Å². The van der Waals surface area contributed by atoms with Crippen LogP contribution in [0.5, 0.6) is 0 Å². The van der Waals surface area contributed by atoms with E-state index < -0.39 is 0 Å². The molecule has 0 radical (unpaired) electrons. The Morgan fingerprint density at radius 3 is 2.64 bits per heavy atom. The van der Waals surface area contributed by atoms with Gasteiger partial charge in [0.2, 0.25) is 0 Å². The van der Waals surface area contributed by atoms with Gasteiger partial charge in [-0.2, -0.15) is 0 Å². The third-order valence-corrected chi connectivity index (χ3v) is 2.08. The van der Waals surface area contributed by atoms with Crippen LogP contribution in [0.1, 0.15) is 37.1 Å². The van der Waals surface area contributed by atoms with E-state index in [0.717, 1.165) is 18.0 Å². The Balaban J connectivity index is 2.19. The van der Waals surface area contributed by atoms with Crippen LogP contribution in [0, 0.1) is 0 Å². The fourth-order valence-electron chi connectivity index (χ4n) is 1.14. The number of hydrogen-bond donors (Lipinski definition) is 0. The standard InChI is InChI=1S/C9H12N2/c1-2-8-5-11-9(6-10-8)7-3-4-7/h5-7H,2-4H2,1H3. The molecule has 2 rings (SSSR count). The molecule has 0 spiro atoms. The average Bonchev–Trinajstić information content (AvgIpc) is 2.87. The van der Waals surface area contributed by atoms with Crippen molar-refractivity contribution in [2.45, 2.75) is 32.1 Å². The van der Waals surface area contributed by atoms with Crippen molar-refractivity contribution in [2.24, 2.45) is 0 Å². The Morgan fingerprint density at radius 2 is 2.18 bits per heavy atom. The van der Waals surface area contributed by atoms with E-state index in [1.165, 1.54) is 18.5 Å². The molecule has 1 fully saturated rings. The molecular formula is C9H12N2. The molecule has 0 amide bonds. The summed E-state index contributed by atoms with van der Waals surface area (Å²) in [6.45, 7) is 2.10. The van der Waals surface area contributed by atoms with Crippen molar-refractivity contribution in [3.63, 3.8) is 0 Å². The highest BCUT2D eigenvalue weighted by atomic mass is 14.8. The highest BCUT2D eigenvalue weighted by Gasteiger charge is 2.24. The van der Waals surface area contributed by atoms with Gasteiger partial charge in [-0.25, -0.2) is 0 Å². The summed E-state index contributed by atoms with van der Waals surface area (Å²) in [6, 6.07) is 0. The van der Waals surface area contributed by atoms with E-state index >= 15 is 0 Å². The van der Waals surface area contributed by atoms with Crippen LogP contribution in [-0.4, -0.2) is 9.97 Å². The molecule has 0 aliphatic heterocycles. The van der Waals surface area contributed by atoms with Gasteiger partial charge in [0.15, 0.2) is 0 Å². The van der Waals surface area contributed by atoms with Crippen LogP contribution in [0.15, 0.2) is 12.4 Å². The topological polar surface area (TPSA) is 25.8 Å². The highest BCUT2D eigenvalue weighted by Crippen LogP contribution is 2.38. The molecule has 0 unspecified atom stereocenters. The van der Waals surface area contributed by atoms with Crippen LogP contribution < -0.4 is 0 Å². The summed E-state index contributed by atoms with van der Waals surface area (Å²) in [5, 5.41) is 0. The van der Waals surface area contributed by atoms with Gasteiger partial charge in [0.25, 0.3) is 0 Å². The summed E-state index contributed by atoms with van der Waals surface area (Å²) >= 11 is 0. The Morgan fingerprint density at radius 1 is 1.36 bits per heavy atom. The Labute approximate surface area is 66.7 Å². The molecule has 11 heavy (non-hydrogen) atoms. The first kappa shape index (κ1) is 6.77. The minimum absolute atomic E-state index is 0.730. The molecule has 0 aromatic carbocycles. The van der Waals surface area contributed by atoms with Crippen molar-refractivity contribution >= 4 is 0 Å². The van der Waals surface area contributed by atoms with Gasteiger partial charge in [-0.3, -0.25) is 9.97 Å². The third kappa shape index (κ3) is 1.39. The lowest BCUT2D eigenvalue weighted by molar-refractivity contribution is 0.929. The predicted molar refractivity (Wildman–Crippen MR) is 43.4 cm³/mol. The lowest BCUT2D eigenvalue weighted by Crippen LogP contribution is -1.92. The molecule has 1 heterocycles. The number of rotatable bonds is 2. The molecule has 1 aromatic heterocycles. The van der Waals surface area contributed by atoms with Gasteiger partial charge in [-0.1, -0.05) is 6.92 Å². The van der Waals surface area contributed by atoms with E-state index in [0.29, 0.717) is 0 Å². The molecule has 1 aromatic rings. The Bertz CT molecular complexity index is 236. The predicted octanol–water partition coefficient (Wildman–Crippen LogP) is 1.92. The molecule has 0 bridgehead atoms. The number of hydrogen-bond acceptors (Lipinski definition) is 2. The van der Waals surface area contributed by atoms with E-state index in [9.17, 15) is 0 Å². The normalized spacial score (nSPS) is 16.8. The third-order valence-electron chi connectivity index (χ3n) is 2.08. The van der Waals surface area contributed by atoms with E-state index in [1.807, 2.05) is 12.4 Å². The lowest BCUT2D eigenvalue weighted by Gasteiger charge is -1.97. The zero-order chi connectivity index (χ0) is 7.68. The molecule has 1 aliphatic carbocycles. The molecule has 1 aliphatic rings. The van der Waals surface area contributed by atoms with Crippen LogP contribution in [0.3, 0.4) is 0 Å². The van der Waals surface area contributed by atoms with Gasteiger partial charge in [0.05, 0.1) is 11.4 Å². The lowest BCUT2D eigenvalue weighted by atomic mass is 10.3. The SMILES string of the molecule is CCc1cnc(C2CC2)cn1. The van der Waals surface area contributed by atoms with Crippen LogP contribution in [0.25, 0.3) is 0 Å². The van der Waals surface area contributed by atoms with Gasteiger partial charge in [-0.05, 0) is 19.3 Å². The Kier molecular flexibility index (Phi) is 1.60. The van der Waals surface area contributed by atoms with Crippen LogP contribution in [-0.2, 0) is 6.42 Å². The smallest absolute Gasteiger partial charge is 0.0617 e. The van der Waals surface area contributed by atoms with E-state index in [-0.39, 0.29) is 0 Å². The number of aromatic nitrogens is 2. The van der Waals surface area contributed by atoms with Crippen molar-refractivity contribution in [1.29, 1.82) is 0 Å². The molecule has 2 heteroatoms. The molecule has 2 nitrogen and oxygen atoms in total. The van der Waals surface area contributed by atoms with Crippen LogP contribution in [0.2, 0.25) is 0 Å². The van der Waals surface area contributed by atoms with Crippen molar-refractivity contribution in [2.75, 3.05) is 0 Å². The van der Waals surface area contributed by atoms with Crippen LogP contribution >= 0.6 is 0 Å². The maximum Gasteiger partial charge on any atom is 0.0617 e. The molecular weight excluding hydrogens is 136 g/mol. The first-order chi connectivity index (χ1) is 5.40. The van der Waals surface area contributed by atoms with E-state index in [1.54, 1.807) is 0 Å². The van der Waals surface area contributed by atoms with Crippen molar-refractivity contribution in [1.82, 2.24) is 9.97 Å². The summed E-state index contributed by atoms with van der Waals surface area (Å²) in [5.74, 6) is 0.730. The zero-order valence-electron chi connectivity index (χ0n) is 6.75. The second-order valence-electron chi connectivity index (χ2n) is 3.06. The van der Waals surface area contributed by atoms with Crippen molar-refractivity contribution < 1.29 is 0 Å². The van der Waals surface area contributed by atoms with Gasteiger partial charge in [0.1, 0.15) is 0 Å². The quantitative estimate of drug-likeness (QED) is 0.640. The summed E-state index contributed by atoms with van der Waals surface area (Å²) in [5.41, 5.74) is 2.27. The number of nitrogens with zero attached hydrogens (tertiary/aromatic N) is 2. The van der Waals surface area contributed by atoms with E-state index in [2.05, 4.69) is 16.9 Å². The van der Waals surface area contributed by atoms with Crippen LogP contribution in [0.4, 0.5) is 0 Å². The largest absolute Gasteiger partial charge is 0.258 e. The summed E-state index contributed by atoms with van der Waals surface area (Å²) in [4.78, 5) is 8.64. The van der Waals surface area contributed by atoms with Gasteiger partial charge in [0, 0.05) is 18.3 Å². The second kappa shape index (κ2) is 2.61. The maximum atomic E-state index is 4.35. The first-order valence-corrected chi connectivity index (χ1v) is 4.21. The van der Waals surface area contributed by atoms with Gasteiger partial charge in [-0.15, -0.1) is 0 Å². The number of aryl methyl sites for hydroxylation is 1. The zero-order valence-corrected chi connectivity index (χ0v) is 6.75. The summed E-state index contributed by atoms with van der Waals surface area (Å²) in [7, 11) is 0.